The summed E-state index contributed by atoms with van der Waals surface area (Å²) < 4.78 is 5.57. The number of nitrogens with two attached hydrogens (primary N) is 1. The van der Waals surface area contributed by atoms with Gasteiger partial charge >= 0.3 is 0 Å². The van der Waals surface area contributed by atoms with Crippen molar-refractivity contribution in [2.24, 2.45) is 0 Å². The number of carbonyl (C=O) groups excluding carboxylic acids is 1. The van der Waals surface area contributed by atoms with Crippen LogP contribution in [0.1, 0.15) is 6.42 Å². The van der Waals surface area contributed by atoms with Crippen LogP contribution in [0.3, 0.4) is 0 Å². The molecule has 1 atom stereocenters. The molecular weight excluding hydrogens is 192 g/mol. The number of hydrogen-bond donors (Lipinski definition) is 1. The minimum atomic E-state index is -0.335. The lowest BCUT2D eigenvalue weighted by molar-refractivity contribution is -0.132. The maximum atomic E-state index is 11.6. The van der Waals surface area contributed by atoms with E-state index in [4.69, 9.17) is 10.5 Å². The zero-order valence-corrected chi connectivity index (χ0v) is 8.64. The summed E-state index contributed by atoms with van der Waals surface area (Å²) in [5.74, 6) is 0.740. The molecular formula is C11H14N2O2. The molecule has 2 rings (SSSR count). The lowest BCUT2D eigenvalue weighted by Crippen LogP contribution is -2.29. The van der Waals surface area contributed by atoms with Crippen LogP contribution in [0.15, 0.2) is 24.3 Å². The Labute approximate surface area is 88.6 Å². The van der Waals surface area contributed by atoms with E-state index in [0.29, 0.717) is 11.4 Å². The van der Waals surface area contributed by atoms with Gasteiger partial charge in [-0.3, -0.25) is 4.79 Å². The number of likely N-dealkylation sites (tertiary alicyclic amines) is 1. The van der Waals surface area contributed by atoms with E-state index in [0.717, 1.165) is 13.0 Å². The summed E-state index contributed by atoms with van der Waals surface area (Å²) in [4.78, 5) is 13.2. The normalized spacial score (nSPS) is 20.7. The van der Waals surface area contributed by atoms with Crippen molar-refractivity contribution in [2.45, 2.75) is 12.5 Å². The molecule has 1 aromatic rings. The van der Waals surface area contributed by atoms with Crippen LogP contribution in [0.2, 0.25) is 0 Å². The van der Waals surface area contributed by atoms with E-state index in [1.165, 1.54) is 0 Å². The van der Waals surface area contributed by atoms with Gasteiger partial charge in [0.15, 0.2) is 6.10 Å². The van der Waals surface area contributed by atoms with Crippen LogP contribution in [0, 0.1) is 0 Å². The molecule has 0 bridgehead atoms. The molecule has 2 N–H and O–H groups in total. The maximum Gasteiger partial charge on any atom is 0.263 e. The van der Waals surface area contributed by atoms with Crippen molar-refractivity contribution in [2.75, 3.05) is 19.3 Å². The lowest BCUT2D eigenvalue weighted by atomic mass is 10.3. The Morgan fingerprint density at radius 3 is 2.60 bits per heavy atom. The van der Waals surface area contributed by atoms with Crippen LogP contribution < -0.4 is 10.5 Å². The minimum absolute atomic E-state index is 0.0480. The van der Waals surface area contributed by atoms with Gasteiger partial charge in [-0.05, 0) is 24.3 Å². The van der Waals surface area contributed by atoms with Gasteiger partial charge in [-0.15, -0.1) is 0 Å². The molecule has 0 saturated carbocycles. The number of ether oxygens (including phenoxy) is 1. The van der Waals surface area contributed by atoms with Crippen molar-refractivity contribution in [3.63, 3.8) is 0 Å². The molecule has 0 aliphatic carbocycles. The van der Waals surface area contributed by atoms with Crippen molar-refractivity contribution in [1.82, 2.24) is 4.90 Å². The molecule has 80 valence electrons. The highest BCUT2D eigenvalue weighted by Gasteiger charge is 2.30. The number of anilines is 1. The number of carbonyl (C=O) groups is 1. The van der Waals surface area contributed by atoms with Crippen LogP contribution in [0.4, 0.5) is 5.69 Å². The average molecular weight is 206 g/mol. The quantitative estimate of drug-likeness (QED) is 0.731. The van der Waals surface area contributed by atoms with E-state index in [9.17, 15) is 4.79 Å². The monoisotopic (exact) mass is 206 g/mol. The van der Waals surface area contributed by atoms with Gasteiger partial charge in [-0.2, -0.15) is 0 Å². The molecule has 1 amide bonds. The Kier molecular flexibility index (Phi) is 2.49. The zero-order valence-electron chi connectivity index (χ0n) is 8.64. The molecule has 4 nitrogen and oxygen atoms in total. The Bertz CT molecular complexity index is 361. The largest absolute Gasteiger partial charge is 0.481 e. The van der Waals surface area contributed by atoms with Gasteiger partial charge in [-0.25, -0.2) is 0 Å². The highest BCUT2D eigenvalue weighted by molar-refractivity contribution is 5.83. The maximum absolute atomic E-state index is 11.6. The van der Waals surface area contributed by atoms with Crippen molar-refractivity contribution in [3.8, 4) is 5.75 Å². The van der Waals surface area contributed by atoms with Crippen LogP contribution in [0.25, 0.3) is 0 Å². The molecule has 0 radical (unpaired) electrons. The number of amides is 1. The van der Waals surface area contributed by atoms with Gasteiger partial charge in [0, 0.05) is 25.7 Å². The summed E-state index contributed by atoms with van der Waals surface area (Å²) >= 11 is 0. The molecule has 15 heavy (non-hydrogen) atoms. The molecule has 1 aromatic carbocycles. The molecule has 1 fully saturated rings. The fraction of sp³-hybridized carbons (Fsp3) is 0.364. The van der Waals surface area contributed by atoms with Gasteiger partial charge in [0.2, 0.25) is 0 Å². The Hall–Kier alpha value is -1.71. The van der Waals surface area contributed by atoms with Gasteiger partial charge in [0.05, 0.1) is 0 Å². The third-order valence-corrected chi connectivity index (χ3v) is 2.54. The van der Waals surface area contributed by atoms with Gasteiger partial charge < -0.3 is 15.4 Å². The second kappa shape index (κ2) is 3.81. The first-order chi connectivity index (χ1) is 7.16. The number of nitrogen functional groups attached to an aromatic ring is 1. The summed E-state index contributed by atoms with van der Waals surface area (Å²) in [5, 5.41) is 0. The molecule has 1 unspecified atom stereocenters. The fourth-order valence-electron chi connectivity index (χ4n) is 1.61. The summed E-state index contributed by atoms with van der Waals surface area (Å²) in [6.07, 6.45) is 0.415. The molecule has 1 heterocycles. The third-order valence-electron chi connectivity index (χ3n) is 2.54. The van der Waals surface area contributed by atoms with Crippen molar-refractivity contribution < 1.29 is 9.53 Å². The van der Waals surface area contributed by atoms with Crippen LogP contribution in [-0.2, 0) is 4.79 Å². The third kappa shape index (κ3) is 2.03. The predicted molar refractivity (Wildman–Crippen MR) is 57.5 cm³/mol. The first-order valence-electron chi connectivity index (χ1n) is 4.94. The summed E-state index contributed by atoms with van der Waals surface area (Å²) in [6.45, 7) is 0.762. The SMILES string of the molecule is CN1CCC(Oc2ccc(N)cc2)C1=O. The Morgan fingerprint density at radius 2 is 2.07 bits per heavy atom. The molecule has 0 spiro atoms. The summed E-state index contributed by atoms with van der Waals surface area (Å²) in [5.41, 5.74) is 6.25. The van der Waals surface area contributed by atoms with E-state index in [2.05, 4.69) is 0 Å². The van der Waals surface area contributed by atoms with Crippen LogP contribution in [-0.4, -0.2) is 30.5 Å². The van der Waals surface area contributed by atoms with Gasteiger partial charge in [0.25, 0.3) is 5.91 Å². The number of hydrogen-bond acceptors (Lipinski definition) is 3. The number of nitrogens with zero attached hydrogens (tertiary/aromatic N) is 1. The standard InChI is InChI=1S/C11H14N2O2/c1-13-7-6-10(11(13)14)15-9-4-2-8(12)3-5-9/h2-5,10H,6-7,12H2,1H3. The Morgan fingerprint density at radius 1 is 1.40 bits per heavy atom. The molecule has 4 heteroatoms. The first kappa shape index (κ1) is 9.83. The van der Waals surface area contributed by atoms with E-state index in [-0.39, 0.29) is 12.0 Å². The van der Waals surface area contributed by atoms with Gasteiger partial charge in [0.1, 0.15) is 5.75 Å². The topological polar surface area (TPSA) is 55.6 Å². The van der Waals surface area contributed by atoms with Crippen LogP contribution in [0.5, 0.6) is 5.75 Å². The first-order valence-corrected chi connectivity index (χ1v) is 4.94. The minimum Gasteiger partial charge on any atom is -0.481 e. The number of benzene rings is 1. The second-order valence-corrected chi connectivity index (χ2v) is 3.72. The van der Waals surface area contributed by atoms with E-state index in [1.807, 2.05) is 0 Å². The Balaban J connectivity index is 2.03. The van der Waals surface area contributed by atoms with Crippen molar-refractivity contribution in [3.05, 3.63) is 24.3 Å². The van der Waals surface area contributed by atoms with Crippen molar-refractivity contribution in [1.29, 1.82) is 0 Å². The van der Waals surface area contributed by atoms with E-state index in [1.54, 1.807) is 36.2 Å². The fourth-order valence-corrected chi connectivity index (χ4v) is 1.61. The highest BCUT2D eigenvalue weighted by Crippen LogP contribution is 2.19. The highest BCUT2D eigenvalue weighted by atomic mass is 16.5. The van der Waals surface area contributed by atoms with Crippen LogP contribution >= 0.6 is 0 Å². The lowest BCUT2D eigenvalue weighted by Gasteiger charge is -2.12. The second-order valence-electron chi connectivity index (χ2n) is 3.72. The summed E-state index contributed by atoms with van der Waals surface area (Å²) in [7, 11) is 1.79. The molecule has 0 aromatic heterocycles. The summed E-state index contributed by atoms with van der Waals surface area (Å²) in [6, 6.07) is 7.08. The number of likely N-dealkylation sites (N-methyl/N-ethyl adjacent to an activating group) is 1. The molecule has 1 aliphatic heterocycles. The molecule has 1 aliphatic rings. The van der Waals surface area contributed by atoms with E-state index >= 15 is 0 Å². The van der Waals surface area contributed by atoms with Crippen molar-refractivity contribution >= 4 is 11.6 Å². The predicted octanol–water partition coefficient (Wildman–Crippen LogP) is 0.878. The van der Waals surface area contributed by atoms with E-state index < -0.39 is 0 Å². The van der Waals surface area contributed by atoms with Gasteiger partial charge in [-0.1, -0.05) is 0 Å². The average Bonchev–Trinajstić information content (AvgIpc) is 2.53. The number of rotatable bonds is 2. The zero-order chi connectivity index (χ0) is 10.8. The smallest absolute Gasteiger partial charge is 0.263 e. The molecule has 1 saturated heterocycles.